The van der Waals surface area contributed by atoms with Crippen molar-refractivity contribution >= 4 is 21.6 Å². The van der Waals surface area contributed by atoms with Crippen molar-refractivity contribution < 1.29 is 4.39 Å². The molecule has 0 aliphatic rings. The van der Waals surface area contributed by atoms with Crippen LogP contribution in [0.4, 0.5) is 10.1 Å². The van der Waals surface area contributed by atoms with Crippen LogP contribution < -0.4 is 4.90 Å². The summed E-state index contributed by atoms with van der Waals surface area (Å²) in [7, 11) is 0. The highest BCUT2D eigenvalue weighted by Gasteiger charge is 2.14. The first kappa shape index (κ1) is 14.0. The second-order valence-electron chi connectivity index (χ2n) is 4.22. The molecule has 19 heavy (non-hydrogen) atoms. The molecule has 0 fully saturated rings. The topological polar surface area (TPSA) is 16.1 Å². The molecule has 4 heteroatoms. The maximum atomic E-state index is 14.1. The highest BCUT2D eigenvalue weighted by molar-refractivity contribution is 9.08. The van der Waals surface area contributed by atoms with E-state index >= 15 is 0 Å². The molecule has 2 rings (SSSR count). The molecule has 2 aromatic rings. The first-order valence-electron chi connectivity index (χ1n) is 6.24. The van der Waals surface area contributed by atoms with E-state index in [0.717, 1.165) is 17.8 Å². The molecule has 0 amide bonds. The molecule has 100 valence electrons. The maximum Gasteiger partial charge on any atom is 0.146 e. The minimum atomic E-state index is -0.185. The summed E-state index contributed by atoms with van der Waals surface area (Å²) in [5.41, 5.74) is 2.55. The van der Waals surface area contributed by atoms with Crippen LogP contribution in [0.2, 0.25) is 0 Å². The van der Waals surface area contributed by atoms with E-state index in [1.165, 1.54) is 6.07 Å². The average Bonchev–Trinajstić information content (AvgIpc) is 2.46. The number of benzene rings is 1. The van der Waals surface area contributed by atoms with E-state index in [4.69, 9.17) is 0 Å². The van der Waals surface area contributed by atoms with E-state index < -0.39 is 0 Å². The largest absolute Gasteiger partial charge is 0.363 e. The highest BCUT2D eigenvalue weighted by atomic mass is 79.9. The summed E-state index contributed by atoms with van der Waals surface area (Å²) in [6.45, 7) is 3.36. The first-order valence-corrected chi connectivity index (χ1v) is 7.36. The van der Waals surface area contributed by atoms with Crippen molar-refractivity contribution in [2.45, 2.75) is 18.8 Å². The van der Waals surface area contributed by atoms with Gasteiger partial charge in [-0.2, -0.15) is 0 Å². The second kappa shape index (κ2) is 6.66. The van der Waals surface area contributed by atoms with Crippen molar-refractivity contribution in [2.24, 2.45) is 0 Å². The van der Waals surface area contributed by atoms with Crippen LogP contribution in [0.3, 0.4) is 0 Å². The van der Waals surface area contributed by atoms with Gasteiger partial charge in [0.15, 0.2) is 0 Å². The van der Waals surface area contributed by atoms with Gasteiger partial charge < -0.3 is 4.90 Å². The van der Waals surface area contributed by atoms with Gasteiger partial charge in [-0.25, -0.2) is 4.39 Å². The smallest absolute Gasteiger partial charge is 0.146 e. The fourth-order valence-electron chi connectivity index (χ4n) is 2.06. The minimum absolute atomic E-state index is 0.185. The number of alkyl halides is 1. The molecule has 0 aliphatic carbocycles. The standard InChI is InChI=1S/C15H16BrFN2/c1-2-19(11-13-7-3-4-9-18-13)15-12(10-16)6-5-8-14(15)17/h3-9H,2,10-11H2,1H3. The Morgan fingerprint density at radius 1 is 1.21 bits per heavy atom. The van der Waals surface area contributed by atoms with Crippen LogP contribution in [0.5, 0.6) is 0 Å². The molecule has 0 aliphatic heterocycles. The number of hydrogen-bond donors (Lipinski definition) is 0. The molecule has 0 unspecified atom stereocenters. The lowest BCUT2D eigenvalue weighted by Crippen LogP contribution is -2.24. The summed E-state index contributed by atoms with van der Waals surface area (Å²) in [4.78, 5) is 6.31. The number of anilines is 1. The Morgan fingerprint density at radius 3 is 2.68 bits per heavy atom. The monoisotopic (exact) mass is 322 g/mol. The molecule has 1 aromatic heterocycles. The Kier molecular flexibility index (Phi) is 4.91. The van der Waals surface area contributed by atoms with E-state index in [1.54, 1.807) is 12.3 Å². The summed E-state index contributed by atoms with van der Waals surface area (Å²) >= 11 is 3.42. The molecule has 2 nitrogen and oxygen atoms in total. The van der Waals surface area contributed by atoms with Crippen LogP contribution in [0, 0.1) is 5.82 Å². The fourth-order valence-corrected chi connectivity index (χ4v) is 2.51. The Bertz CT molecular complexity index is 531. The zero-order valence-electron chi connectivity index (χ0n) is 10.8. The average molecular weight is 323 g/mol. The van der Waals surface area contributed by atoms with Crippen LogP contribution in [-0.4, -0.2) is 11.5 Å². The van der Waals surface area contributed by atoms with Crippen LogP contribution in [-0.2, 0) is 11.9 Å². The van der Waals surface area contributed by atoms with Crippen LogP contribution in [0.25, 0.3) is 0 Å². The van der Waals surface area contributed by atoms with Gasteiger partial charge in [0.2, 0.25) is 0 Å². The van der Waals surface area contributed by atoms with Gasteiger partial charge in [-0.15, -0.1) is 0 Å². The summed E-state index contributed by atoms with van der Waals surface area (Å²) in [6, 6.07) is 11.0. The Labute approximate surface area is 121 Å². The fraction of sp³-hybridized carbons (Fsp3) is 0.267. The third kappa shape index (κ3) is 3.32. The van der Waals surface area contributed by atoms with Gasteiger partial charge in [0.05, 0.1) is 17.9 Å². The van der Waals surface area contributed by atoms with Crippen molar-refractivity contribution in [3.63, 3.8) is 0 Å². The van der Waals surface area contributed by atoms with Gasteiger partial charge in [-0.1, -0.05) is 34.1 Å². The molecule has 0 saturated carbocycles. The van der Waals surface area contributed by atoms with Gasteiger partial charge in [-0.05, 0) is 30.7 Å². The zero-order valence-corrected chi connectivity index (χ0v) is 12.4. The molecular weight excluding hydrogens is 307 g/mol. The molecule has 1 heterocycles. The maximum absolute atomic E-state index is 14.1. The van der Waals surface area contributed by atoms with Gasteiger partial charge in [0, 0.05) is 18.1 Å². The zero-order chi connectivity index (χ0) is 13.7. The summed E-state index contributed by atoms with van der Waals surface area (Å²) < 4.78 is 14.1. The van der Waals surface area contributed by atoms with Crippen molar-refractivity contribution in [3.8, 4) is 0 Å². The summed E-state index contributed by atoms with van der Waals surface area (Å²) in [6.07, 6.45) is 1.76. The van der Waals surface area contributed by atoms with Gasteiger partial charge in [0.25, 0.3) is 0 Å². The number of para-hydroxylation sites is 1. The van der Waals surface area contributed by atoms with E-state index in [-0.39, 0.29) is 5.82 Å². The van der Waals surface area contributed by atoms with Gasteiger partial charge in [0.1, 0.15) is 5.82 Å². The minimum Gasteiger partial charge on any atom is -0.363 e. The summed E-state index contributed by atoms with van der Waals surface area (Å²) in [5.74, 6) is -0.185. The lowest BCUT2D eigenvalue weighted by Gasteiger charge is -2.25. The normalized spacial score (nSPS) is 10.5. The molecule has 0 bridgehead atoms. The van der Waals surface area contributed by atoms with E-state index in [2.05, 4.69) is 20.9 Å². The van der Waals surface area contributed by atoms with Gasteiger partial charge in [-0.3, -0.25) is 4.98 Å². The number of nitrogens with zero attached hydrogens (tertiary/aromatic N) is 2. The third-order valence-corrected chi connectivity index (χ3v) is 3.60. The quantitative estimate of drug-likeness (QED) is 0.769. The Morgan fingerprint density at radius 2 is 2.05 bits per heavy atom. The molecule has 0 saturated heterocycles. The molecular formula is C15H16BrFN2. The lowest BCUT2D eigenvalue weighted by atomic mass is 10.1. The molecule has 0 N–H and O–H groups in total. The van der Waals surface area contributed by atoms with E-state index in [9.17, 15) is 4.39 Å². The SMILES string of the molecule is CCN(Cc1ccccn1)c1c(F)cccc1CBr. The Hall–Kier alpha value is -1.42. The van der Waals surface area contributed by atoms with E-state index in [0.29, 0.717) is 17.6 Å². The van der Waals surface area contributed by atoms with Crippen LogP contribution in [0.1, 0.15) is 18.2 Å². The number of halogens is 2. The van der Waals surface area contributed by atoms with Gasteiger partial charge >= 0.3 is 0 Å². The number of rotatable bonds is 5. The molecule has 0 atom stereocenters. The number of pyridine rings is 1. The predicted octanol–water partition coefficient (Wildman–Crippen LogP) is 4.14. The second-order valence-corrected chi connectivity index (χ2v) is 4.78. The number of aromatic nitrogens is 1. The number of hydrogen-bond acceptors (Lipinski definition) is 2. The highest BCUT2D eigenvalue weighted by Crippen LogP contribution is 2.27. The van der Waals surface area contributed by atoms with Crippen molar-refractivity contribution in [2.75, 3.05) is 11.4 Å². The Balaban J connectivity index is 2.32. The lowest BCUT2D eigenvalue weighted by molar-refractivity contribution is 0.615. The molecule has 1 aromatic carbocycles. The third-order valence-electron chi connectivity index (χ3n) is 2.99. The summed E-state index contributed by atoms with van der Waals surface area (Å²) in [5, 5.41) is 0.638. The van der Waals surface area contributed by atoms with Crippen LogP contribution in [0.15, 0.2) is 42.6 Å². The molecule has 0 spiro atoms. The molecule has 0 radical (unpaired) electrons. The van der Waals surface area contributed by atoms with E-state index in [1.807, 2.05) is 36.1 Å². The van der Waals surface area contributed by atoms with Crippen molar-refractivity contribution in [1.29, 1.82) is 0 Å². The van der Waals surface area contributed by atoms with Crippen LogP contribution >= 0.6 is 15.9 Å². The van der Waals surface area contributed by atoms with Crippen molar-refractivity contribution in [3.05, 3.63) is 59.7 Å². The predicted molar refractivity (Wildman–Crippen MR) is 80.0 cm³/mol. The van der Waals surface area contributed by atoms with Crippen molar-refractivity contribution in [1.82, 2.24) is 4.98 Å². The first-order chi connectivity index (χ1) is 9.26.